The summed E-state index contributed by atoms with van der Waals surface area (Å²) in [5, 5.41) is 0. The normalized spacial score (nSPS) is 17.2. The highest BCUT2D eigenvalue weighted by Gasteiger charge is 2.42. The zero-order valence-corrected chi connectivity index (χ0v) is 18.8. The van der Waals surface area contributed by atoms with Gasteiger partial charge in [0.1, 0.15) is 6.61 Å². The largest absolute Gasteiger partial charge is 0.457 e. The summed E-state index contributed by atoms with van der Waals surface area (Å²) in [7, 11) is 3.90. The van der Waals surface area contributed by atoms with E-state index < -0.39 is 0 Å². The molecule has 1 atom stereocenters. The number of esters is 1. The minimum Gasteiger partial charge on any atom is -0.457 e. The zero-order chi connectivity index (χ0) is 21.9. The van der Waals surface area contributed by atoms with Gasteiger partial charge in [-0.25, -0.2) is 4.79 Å². The van der Waals surface area contributed by atoms with Crippen LogP contribution in [-0.4, -0.2) is 49.6 Å². The summed E-state index contributed by atoms with van der Waals surface area (Å²) in [5.74, 6) is -0.186. The first kappa shape index (κ1) is 22.0. The molecule has 160 valence electrons. The van der Waals surface area contributed by atoms with Crippen LogP contribution in [0.15, 0.2) is 42.5 Å². The van der Waals surface area contributed by atoms with Crippen LogP contribution in [0.1, 0.15) is 35.1 Å². The van der Waals surface area contributed by atoms with Crippen LogP contribution in [-0.2, 0) is 20.9 Å². The average molecular weight is 410 g/mol. The van der Waals surface area contributed by atoms with Crippen molar-refractivity contribution in [2.24, 2.45) is 0 Å². The van der Waals surface area contributed by atoms with E-state index in [9.17, 15) is 9.59 Å². The number of carbonyl (C=O) groups excluding carboxylic acids is 2. The number of hydrogen-bond donors (Lipinski definition) is 0. The van der Waals surface area contributed by atoms with E-state index in [-0.39, 0.29) is 31.1 Å². The maximum Gasteiger partial charge on any atom is 0.362 e. The van der Waals surface area contributed by atoms with Crippen molar-refractivity contribution in [3.63, 3.8) is 0 Å². The Bertz CT molecular complexity index is 898. The molecule has 0 aromatic heterocycles. The lowest BCUT2D eigenvalue weighted by Crippen LogP contribution is -2.61. The molecule has 0 saturated carbocycles. The smallest absolute Gasteiger partial charge is 0.362 e. The second-order valence-corrected chi connectivity index (χ2v) is 8.98. The Kier molecular flexibility index (Phi) is 6.61. The SMILES string of the molecule is Cc1cc(C)c(N2CCCC([N+](C)(C)CC(=O)OCc3ccccc3)C2=O)c(C)c1. The van der Waals surface area contributed by atoms with Gasteiger partial charge in [0.15, 0.2) is 12.6 Å². The number of rotatable bonds is 6. The first-order valence-electron chi connectivity index (χ1n) is 10.6. The molecule has 1 aliphatic rings. The van der Waals surface area contributed by atoms with E-state index in [4.69, 9.17) is 4.74 Å². The van der Waals surface area contributed by atoms with Gasteiger partial charge in [-0.3, -0.25) is 4.79 Å². The number of nitrogens with zero attached hydrogens (tertiary/aromatic N) is 2. The Balaban J connectivity index is 1.71. The summed E-state index contributed by atoms with van der Waals surface area (Å²) < 4.78 is 5.77. The first-order chi connectivity index (χ1) is 14.2. The third-order valence-corrected chi connectivity index (χ3v) is 5.94. The molecular formula is C25H33N2O3+. The number of aryl methyl sites for hydroxylation is 3. The van der Waals surface area contributed by atoms with E-state index in [0.29, 0.717) is 4.48 Å². The number of ether oxygens (including phenoxy) is 1. The van der Waals surface area contributed by atoms with Gasteiger partial charge in [0, 0.05) is 18.7 Å². The van der Waals surface area contributed by atoms with Crippen molar-refractivity contribution in [2.45, 2.75) is 46.3 Å². The predicted octanol–water partition coefficient (Wildman–Crippen LogP) is 3.93. The van der Waals surface area contributed by atoms with E-state index in [1.165, 1.54) is 5.56 Å². The summed E-state index contributed by atoms with van der Waals surface area (Å²) in [6, 6.07) is 13.6. The van der Waals surface area contributed by atoms with Gasteiger partial charge < -0.3 is 14.1 Å². The van der Waals surface area contributed by atoms with Crippen molar-refractivity contribution in [1.29, 1.82) is 0 Å². The number of amides is 1. The molecule has 0 radical (unpaired) electrons. The topological polar surface area (TPSA) is 46.6 Å². The maximum absolute atomic E-state index is 13.5. The summed E-state index contributed by atoms with van der Waals surface area (Å²) in [6.07, 6.45) is 1.70. The molecule has 2 aromatic carbocycles. The predicted molar refractivity (Wildman–Crippen MR) is 119 cm³/mol. The lowest BCUT2D eigenvalue weighted by molar-refractivity contribution is -0.899. The molecule has 1 aliphatic heterocycles. The Morgan fingerprint density at radius 1 is 1.10 bits per heavy atom. The molecular weight excluding hydrogens is 376 g/mol. The van der Waals surface area contributed by atoms with E-state index >= 15 is 0 Å². The minimum atomic E-state index is -0.281. The molecule has 1 saturated heterocycles. The molecule has 0 N–H and O–H groups in total. The highest BCUT2D eigenvalue weighted by atomic mass is 16.5. The number of likely N-dealkylation sites (N-methyl/N-ethyl adjacent to an activating group) is 1. The number of anilines is 1. The quantitative estimate of drug-likeness (QED) is 0.537. The van der Waals surface area contributed by atoms with Crippen molar-refractivity contribution >= 4 is 17.6 Å². The molecule has 3 rings (SSSR count). The fraction of sp³-hybridized carbons (Fsp3) is 0.440. The molecule has 30 heavy (non-hydrogen) atoms. The van der Waals surface area contributed by atoms with Gasteiger partial charge >= 0.3 is 5.97 Å². The van der Waals surface area contributed by atoms with E-state index in [1.54, 1.807) is 0 Å². The van der Waals surface area contributed by atoms with Gasteiger partial charge in [-0.15, -0.1) is 0 Å². The van der Waals surface area contributed by atoms with Gasteiger partial charge in [-0.1, -0.05) is 48.0 Å². The third-order valence-electron chi connectivity index (χ3n) is 5.94. The molecule has 0 aliphatic carbocycles. The second-order valence-electron chi connectivity index (χ2n) is 8.98. The fourth-order valence-corrected chi connectivity index (χ4v) is 4.55. The summed E-state index contributed by atoms with van der Waals surface area (Å²) in [4.78, 5) is 27.9. The number of piperidine rings is 1. The lowest BCUT2D eigenvalue weighted by Gasteiger charge is -2.42. The standard InChI is InChI=1S/C25H33N2O3/c1-18-14-19(2)24(20(3)15-18)26-13-9-12-22(25(26)29)27(4,5)16-23(28)30-17-21-10-7-6-8-11-21/h6-8,10-11,14-15,22H,9,12-13,16-17H2,1-5H3/q+1. The van der Waals surface area contributed by atoms with Crippen molar-refractivity contribution in [3.8, 4) is 0 Å². The monoisotopic (exact) mass is 409 g/mol. The van der Waals surface area contributed by atoms with Crippen LogP contribution in [0.4, 0.5) is 5.69 Å². The summed E-state index contributed by atoms with van der Waals surface area (Å²) in [5.41, 5.74) is 5.42. The van der Waals surface area contributed by atoms with Crippen LogP contribution in [0, 0.1) is 20.8 Å². The van der Waals surface area contributed by atoms with Crippen LogP contribution in [0.3, 0.4) is 0 Å². The molecule has 1 fully saturated rings. The molecule has 0 spiro atoms. The van der Waals surface area contributed by atoms with Gasteiger partial charge in [0.05, 0.1) is 14.1 Å². The van der Waals surface area contributed by atoms with Crippen LogP contribution in [0.2, 0.25) is 0 Å². The summed E-state index contributed by atoms with van der Waals surface area (Å²) in [6.45, 7) is 7.35. The number of benzene rings is 2. The Labute approximate surface area is 179 Å². The van der Waals surface area contributed by atoms with Gasteiger partial charge in [0.25, 0.3) is 5.91 Å². The number of carbonyl (C=O) groups is 2. The number of hydrogen-bond acceptors (Lipinski definition) is 3. The molecule has 1 amide bonds. The van der Waals surface area contributed by atoms with Crippen molar-refractivity contribution in [3.05, 3.63) is 64.7 Å². The maximum atomic E-state index is 13.5. The average Bonchev–Trinajstić information content (AvgIpc) is 2.67. The zero-order valence-electron chi connectivity index (χ0n) is 18.8. The fourth-order valence-electron chi connectivity index (χ4n) is 4.55. The Morgan fingerprint density at radius 3 is 2.37 bits per heavy atom. The van der Waals surface area contributed by atoms with Crippen LogP contribution in [0.5, 0.6) is 0 Å². The van der Waals surface area contributed by atoms with Crippen molar-refractivity contribution in [2.75, 3.05) is 32.1 Å². The Morgan fingerprint density at radius 2 is 1.73 bits per heavy atom. The van der Waals surface area contributed by atoms with Gasteiger partial charge in [-0.05, 0) is 43.9 Å². The molecule has 5 nitrogen and oxygen atoms in total. The molecule has 1 heterocycles. The van der Waals surface area contributed by atoms with E-state index in [1.807, 2.05) is 49.3 Å². The second kappa shape index (κ2) is 9.00. The van der Waals surface area contributed by atoms with Gasteiger partial charge in [0.2, 0.25) is 0 Å². The van der Waals surface area contributed by atoms with Crippen LogP contribution < -0.4 is 4.90 Å². The molecule has 0 bridgehead atoms. The van der Waals surface area contributed by atoms with Crippen molar-refractivity contribution < 1.29 is 18.8 Å². The lowest BCUT2D eigenvalue weighted by atomic mass is 9.97. The third kappa shape index (κ3) is 4.90. The van der Waals surface area contributed by atoms with Gasteiger partial charge in [-0.2, -0.15) is 0 Å². The molecule has 1 unspecified atom stereocenters. The van der Waals surface area contributed by atoms with E-state index in [2.05, 4.69) is 32.9 Å². The van der Waals surface area contributed by atoms with Crippen LogP contribution in [0.25, 0.3) is 0 Å². The number of quaternary nitrogens is 1. The molecule has 2 aromatic rings. The highest BCUT2D eigenvalue weighted by molar-refractivity contribution is 5.98. The Hall–Kier alpha value is -2.66. The molecule has 5 heteroatoms. The first-order valence-corrected chi connectivity index (χ1v) is 10.6. The summed E-state index contributed by atoms with van der Waals surface area (Å²) >= 11 is 0. The highest BCUT2D eigenvalue weighted by Crippen LogP contribution is 2.31. The minimum absolute atomic E-state index is 0.0946. The van der Waals surface area contributed by atoms with Crippen LogP contribution >= 0.6 is 0 Å². The van der Waals surface area contributed by atoms with Crippen molar-refractivity contribution in [1.82, 2.24) is 0 Å². The van der Waals surface area contributed by atoms with E-state index in [0.717, 1.165) is 41.8 Å².